The lowest BCUT2D eigenvalue weighted by molar-refractivity contribution is -0.165. The largest absolute Gasteiger partial charge is 0.479 e. The third-order valence-corrected chi connectivity index (χ3v) is 9.69. The number of carbonyl (C=O) groups excluding carboxylic acids is 1. The van der Waals surface area contributed by atoms with Gasteiger partial charge in [-0.1, -0.05) is 68.4 Å². The maximum absolute atomic E-state index is 14.5. The summed E-state index contributed by atoms with van der Waals surface area (Å²) in [7, 11) is 1.67. The van der Waals surface area contributed by atoms with Crippen molar-refractivity contribution in [1.29, 1.82) is 0 Å². The molecule has 4 N–H and O–H groups in total. The van der Waals surface area contributed by atoms with Crippen LogP contribution in [0.3, 0.4) is 0 Å². The molecule has 16 heteroatoms. The van der Waals surface area contributed by atoms with Crippen molar-refractivity contribution < 1.29 is 56.8 Å². The van der Waals surface area contributed by atoms with Gasteiger partial charge in [-0.3, -0.25) is 14.5 Å². The zero-order chi connectivity index (χ0) is 43.6. The SMILES string of the molecule is CCN(CC)Cc1ccc2c(=O)cc(CCc3cccc(F)c3F)n(CC(=O)N(C)Cc3ccc(-c4ccc(C(F)(F)F)cc4)cc3)c2c1.O=C(O)C(O)C(O)C(=O)O. The zero-order valence-corrected chi connectivity index (χ0v) is 32.4. The van der Waals surface area contributed by atoms with Gasteiger partial charge < -0.3 is 29.9 Å². The number of aliphatic hydroxyl groups excluding tert-OH is 2. The number of alkyl halides is 3. The van der Waals surface area contributed by atoms with Gasteiger partial charge in [0.2, 0.25) is 5.91 Å². The molecule has 0 radical (unpaired) electrons. The van der Waals surface area contributed by atoms with Crippen LogP contribution in [0.2, 0.25) is 0 Å². The third-order valence-electron chi connectivity index (χ3n) is 9.69. The molecule has 0 saturated heterocycles. The van der Waals surface area contributed by atoms with Crippen molar-refractivity contribution in [2.45, 2.75) is 64.7 Å². The lowest BCUT2D eigenvalue weighted by Gasteiger charge is -2.23. The smallest absolute Gasteiger partial charge is 0.416 e. The molecule has 2 unspecified atom stereocenters. The Morgan fingerprint density at radius 3 is 1.85 bits per heavy atom. The number of carboxylic acid groups (broad SMARTS) is 2. The average molecular weight is 826 g/mol. The van der Waals surface area contributed by atoms with Gasteiger partial charge in [0.25, 0.3) is 0 Å². The average Bonchev–Trinajstić information content (AvgIpc) is 3.21. The number of likely N-dealkylation sites (N-methyl/N-ethyl adjacent to an activating group) is 1. The lowest BCUT2D eigenvalue weighted by Crippen LogP contribution is -2.39. The summed E-state index contributed by atoms with van der Waals surface area (Å²) in [4.78, 5) is 50.4. The molecule has 0 aliphatic heterocycles. The Morgan fingerprint density at radius 1 is 0.746 bits per heavy atom. The van der Waals surface area contributed by atoms with Gasteiger partial charge in [0.1, 0.15) is 6.54 Å². The van der Waals surface area contributed by atoms with Crippen LogP contribution in [0.4, 0.5) is 22.0 Å². The van der Waals surface area contributed by atoms with Gasteiger partial charge in [0.05, 0.1) is 11.1 Å². The second-order valence-corrected chi connectivity index (χ2v) is 13.7. The summed E-state index contributed by atoms with van der Waals surface area (Å²) in [6, 6.07) is 23.3. The van der Waals surface area contributed by atoms with Crippen LogP contribution in [0.25, 0.3) is 22.0 Å². The number of carbonyl (C=O) groups is 3. The van der Waals surface area contributed by atoms with E-state index in [0.29, 0.717) is 28.7 Å². The first kappa shape index (κ1) is 45.7. The number of aliphatic carboxylic acids is 2. The van der Waals surface area contributed by atoms with Gasteiger partial charge in [-0.05, 0) is 84.1 Å². The van der Waals surface area contributed by atoms with Crippen LogP contribution in [-0.4, -0.2) is 85.0 Å². The summed E-state index contributed by atoms with van der Waals surface area (Å²) in [5, 5.41) is 33.0. The number of pyridine rings is 1. The molecular weight excluding hydrogens is 781 g/mol. The Bertz CT molecular complexity index is 2290. The molecule has 0 fully saturated rings. The highest BCUT2D eigenvalue weighted by molar-refractivity contribution is 5.84. The molecule has 0 spiro atoms. The van der Waals surface area contributed by atoms with Crippen molar-refractivity contribution in [2.24, 2.45) is 0 Å². The lowest BCUT2D eigenvalue weighted by atomic mass is 10.0. The molecule has 11 nitrogen and oxygen atoms in total. The topological polar surface area (TPSA) is 161 Å². The Morgan fingerprint density at radius 2 is 1.31 bits per heavy atom. The fraction of sp³-hybridized carbons (Fsp3) is 0.302. The third kappa shape index (κ3) is 12.0. The normalized spacial score (nSPS) is 12.5. The van der Waals surface area contributed by atoms with Crippen LogP contribution in [0.15, 0.2) is 95.8 Å². The number of amides is 1. The number of aromatic nitrogens is 1. The summed E-state index contributed by atoms with van der Waals surface area (Å²) >= 11 is 0. The maximum atomic E-state index is 14.5. The quantitative estimate of drug-likeness (QED) is 0.0912. The standard InChI is InChI=1S/C39H38F5N3O2.C4H6O6/c1-4-46(5-2)24-27-11-20-33-35(21-27)47(32(22-36(33)48)19-16-30-7-6-8-34(40)38(30)41)25-37(49)45(3)23-26-9-12-28(13-10-26)29-14-17-31(18-15-29)39(42,43)44;5-1(3(7)8)2(6)4(9)10/h6-15,17-18,20-22H,4-5,16,19,23-25H2,1-3H3;1-2,5-6H,(H,7,8)(H,9,10). The molecule has 314 valence electrons. The fourth-order valence-corrected chi connectivity index (χ4v) is 6.21. The molecule has 2 atom stereocenters. The summed E-state index contributed by atoms with van der Waals surface area (Å²) in [6.07, 6.45) is -8.61. The number of carboxylic acids is 2. The number of nitrogens with zero attached hydrogens (tertiary/aromatic N) is 3. The number of hydrogen-bond acceptors (Lipinski definition) is 7. The molecule has 1 heterocycles. The van der Waals surface area contributed by atoms with Crippen molar-refractivity contribution in [3.05, 3.63) is 141 Å². The van der Waals surface area contributed by atoms with Crippen molar-refractivity contribution in [3.8, 4) is 11.1 Å². The van der Waals surface area contributed by atoms with Crippen LogP contribution in [0.1, 0.15) is 41.8 Å². The van der Waals surface area contributed by atoms with Gasteiger partial charge in [0.15, 0.2) is 29.3 Å². The monoisotopic (exact) mass is 825 g/mol. The van der Waals surface area contributed by atoms with E-state index in [2.05, 4.69) is 18.7 Å². The molecule has 5 rings (SSSR count). The minimum atomic E-state index is -4.41. The Hall–Kier alpha value is -5.97. The van der Waals surface area contributed by atoms with Crippen molar-refractivity contribution in [1.82, 2.24) is 14.4 Å². The summed E-state index contributed by atoms with van der Waals surface area (Å²) in [5.74, 6) is -5.65. The van der Waals surface area contributed by atoms with Gasteiger partial charge >= 0.3 is 18.1 Å². The predicted molar refractivity (Wildman–Crippen MR) is 209 cm³/mol. The molecule has 59 heavy (non-hydrogen) atoms. The number of halogens is 5. The first-order chi connectivity index (χ1) is 27.8. The highest BCUT2D eigenvalue weighted by Crippen LogP contribution is 2.31. The van der Waals surface area contributed by atoms with Crippen molar-refractivity contribution in [2.75, 3.05) is 20.1 Å². The van der Waals surface area contributed by atoms with E-state index in [0.717, 1.165) is 48.0 Å². The number of benzene rings is 4. The molecule has 1 aromatic heterocycles. The first-order valence-electron chi connectivity index (χ1n) is 18.5. The van der Waals surface area contributed by atoms with Gasteiger partial charge in [-0.25, -0.2) is 18.4 Å². The van der Waals surface area contributed by atoms with E-state index >= 15 is 0 Å². The van der Waals surface area contributed by atoms with E-state index in [9.17, 15) is 41.1 Å². The number of aliphatic hydroxyl groups is 2. The fourth-order valence-electron chi connectivity index (χ4n) is 6.21. The number of hydrogen-bond donors (Lipinski definition) is 4. The molecule has 5 aromatic rings. The van der Waals surface area contributed by atoms with E-state index in [1.54, 1.807) is 34.7 Å². The zero-order valence-electron chi connectivity index (χ0n) is 32.4. The van der Waals surface area contributed by atoms with Gasteiger partial charge in [0, 0.05) is 37.3 Å². The highest BCUT2D eigenvalue weighted by atomic mass is 19.4. The molecule has 0 saturated carbocycles. The van der Waals surface area contributed by atoms with E-state index in [4.69, 9.17) is 20.4 Å². The van der Waals surface area contributed by atoms with Crippen molar-refractivity contribution in [3.63, 3.8) is 0 Å². The highest BCUT2D eigenvalue weighted by Gasteiger charge is 2.30. The summed E-state index contributed by atoms with van der Waals surface area (Å²) < 4.78 is 69.2. The molecule has 0 aliphatic rings. The number of aryl methyl sites for hydroxylation is 2. The summed E-state index contributed by atoms with van der Waals surface area (Å²) in [6.45, 7) is 6.66. The number of fused-ring (bicyclic) bond motifs is 1. The van der Waals surface area contributed by atoms with Crippen LogP contribution >= 0.6 is 0 Å². The van der Waals surface area contributed by atoms with Crippen LogP contribution in [0, 0.1) is 11.6 Å². The molecule has 4 aromatic carbocycles. The Labute approximate surface area is 336 Å². The predicted octanol–water partition coefficient (Wildman–Crippen LogP) is 6.13. The van der Waals surface area contributed by atoms with Crippen LogP contribution in [0.5, 0.6) is 0 Å². The summed E-state index contributed by atoms with van der Waals surface area (Å²) in [5.41, 5.74) is 3.55. The second-order valence-electron chi connectivity index (χ2n) is 13.7. The van der Waals surface area contributed by atoms with E-state index in [1.807, 2.05) is 24.3 Å². The Kier molecular flexibility index (Phi) is 15.6. The molecule has 1 amide bonds. The van der Waals surface area contributed by atoms with E-state index in [1.165, 1.54) is 30.3 Å². The minimum absolute atomic E-state index is 0.0907. The number of rotatable bonds is 15. The van der Waals surface area contributed by atoms with E-state index in [-0.39, 0.29) is 42.8 Å². The van der Waals surface area contributed by atoms with Crippen LogP contribution < -0.4 is 5.43 Å². The minimum Gasteiger partial charge on any atom is -0.479 e. The van der Waals surface area contributed by atoms with Crippen LogP contribution in [-0.2, 0) is 53.0 Å². The van der Waals surface area contributed by atoms with E-state index < -0.39 is 47.5 Å². The molecule has 0 bridgehead atoms. The second kappa shape index (κ2) is 20.1. The maximum Gasteiger partial charge on any atom is 0.416 e. The molecular formula is C43H44F5N3O8. The first-order valence-corrected chi connectivity index (χ1v) is 18.5. The van der Waals surface area contributed by atoms with Gasteiger partial charge in [-0.2, -0.15) is 13.2 Å². The Balaban J connectivity index is 0.000000680. The molecule has 0 aliphatic carbocycles. The van der Waals surface area contributed by atoms with Crippen molar-refractivity contribution >= 4 is 28.7 Å². The van der Waals surface area contributed by atoms with Gasteiger partial charge in [-0.15, -0.1) is 0 Å².